The standard InChI is InChI=1S/C11H7BrClNOS/c12-8-5-7(13)6-14-11(8)16-10-4-2-1-3-9(10)15/h1-6,15H. The summed E-state index contributed by atoms with van der Waals surface area (Å²) in [5.74, 6) is 0.246. The summed E-state index contributed by atoms with van der Waals surface area (Å²) in [6.45, 7) is 0. The number of halogens is 2. The second kappa shape index (κ2) is 5.08. The minimum Gasteiger partial charge on any atom is -0.507 e. The molecule has 2 rings (SSSR count). The summed E-state index contributed by atoms with van der Waals surface area (Å²) < 4.78 is 0.813. The van der Waals surface area contributed by atoms with E-state index in [9.17, 15) is 5.11 Å². The van der Waals surface area contributed by atoms with E-state index in [-0.39, 0.29) is 5.75 Å². The van der Waals surface area contributed by atoms with Crippen molar-refractivity contribution < 1.29 is 5.11 Å². The van der Waals surface area contributed by atoms with Crippen LogP contribution in [0.1, 0.15) is 0 Å². The molecule has 1 aromatic carbocycles. The largest absolute Gasteiger partial charge is 0.507 e. The Bertz CT molecular complexity index is 521. The molecule has 0 spiro atoms. The van der Waals surface area contributed by atoms with Crippen LogP contribution in [0.15, 0.2) is 50.9 Å². The molecular weight excluding hydrogens is 310 g/mol. The lowest BCUT2D eigenvalue weighted by Crippen LogP contribution is -1.82. The van der Waals surface area contributed by atoms with Crippen molar-refractivity contribution >= 4 is 39.3 Å². The molecule has 0 radical (unpaired) electrons. The van der Waals surface area contributed by atoms with Gasteiger partial charge in [0.15, 0.2) is 0 Å². The second-order valence-electron chi connectivity index (χ2n) is 3.01. The van der Waals surface area contributed by atoms with E-state index in [4.69, 9.17) is 11.6 Å². The average Bonchev–Trinajstić information content (AvgIpc) is 2.25. The van der Waals surface area contributed by atoms with E-state index in [1.807, 2.05) is 12.1 Å². The Hall–Kier alpha value is -0.710. The Morgan fingerprint density at radius 3 is 2.75 bits per heavy atom. The third-order valence-electron chi connectivity index (χ3n) is 1.85. The molecule has 5 heteroatoms. The van der Waals surface area contributed by atoms with E-state index in [1.54, 1.807) is 24.4 Å². The van der Waals surface area contributed by atoms with Crippen molar-refractivity contribution in [2.75, 3.05) is 0 Å². The number of phenols is 1. The van der Waals surface area contributed by atoms with Crippen LogP contribution in [0.2, 0.25) is 5.02 Å². The molecule has 0 saturated carbocycles. The summed E-state index contributed by atoms with van der Waals surface area (Å²) in [7, 11) is 0. The molecule has 0 fully saturated rings. The number of aromatic nitrogens is 1. The number of nitrogens with zero attached hydrogens (tertiary/aromatic N) is 1. The van der Waals surface area contributed by atoms with E-state index in [2.05, 4.69) is 20.9 Å². The third-order valence-corrected chi connectivity index (χ3v) is 4.00. The van der Waals surface area contributed by atoms with Crippen LogP contribution in [0.3, 0.4) is 0 Å². The maximum atomic E-state index is 9.63. The molecule has 0 saturated heterocycles. The molecule has 1 heterocycles. The molecule has 0 unspecified atom stereocenters. The number of hydrogen-bond donors (Lipinski definition) is 1. The average molecular weight is 317 g/mol. The monoisotopic (exact) mass is 315 g/mol. The zero-order valence-corrected chi connectivity index (χ0v) is 11.2. The van der Waals surface area contributed by atoms with Gasteiger partial charge in [-0.1, -0.05) is 35.5 Å². The van der Waals surface area contributed by atoms with Gasteiger partial charge in [0.05, 0.1) is 14.4 Å². The highest BCUT2D eigenvalue weighted by atomic mass is 79.9. The maximum absolute atomic E-state index is 9.63. The van der Waals surface area contributed by atoms with Crippen molar-refractivity contribution in [2.45, 2.75) is 9.92 Å². The van der Waals surface area contributed by atoms with Crippen molar-refractivity contribution in [3.8, 4) is 5.75 Å². The first kappa shape index (κ1) is 11.8. The lowest BCUT2D eigenvalue weighted by molar-refractivity contribution is 0.462. The van der Waals surface area contributed by atoms with Crippen molar-refractivity contribution in [3.05, 3.63) is 46.0 Å². The van der Waals surface area contributed by atoms with Crippen LogP contribution in [0.25, 0.3) is 0 Å². The topological polar surface area (TPSA) is 33.1 Å². The van der Waals surface area contributed by atoms with Crippen molar-refractivity contribution in [1.29, 1.82) is 0 Å². The van der Waals surface area contributed by atoms with Crippen LogP contribution in [0, 0.1) is 0 Å². The smallest absolute Gasteiger partial charge is 0.129 e. The highest BCUT2D eigenvalue weighted by Gasteiger charge is 2.07. The lowest BCUT2D eigenvalue weighted by atomic mass is 10.3. The molecule has 0 aliphatic rings. The Morgan fingerprint density at radius 2 is 2.06 bits per heavy atom. The molecule has 2 aromatic rings. The molecule has 0 aliphatic carbocycles. The molecule has 16 heavy (non-hydrogen) atoms. The summed E-state index contributed by atoms with van der Waals surface area (Å²) in [4.78, 5) is 4.95. The van der Waals surface area contributed by atoms with Crippen LogP contribution >= 0.6 is 39.3 Å². The quantitative estimate of drug-likeness (QED) is 0.894. The summed E-state index contributed by atoms with van der Waals surface area (Å²) in [6.07, 6.45) is 1.58. The van der Waals surface area contributed by atoms with Crippen LogP contribution in [-0.4, -0.2) is 10.1 Å². The Labute approximate surface area is 111 Å². The van der Waals surface area contributed by atoms with Gasteiger partial charge in [0, 0.05) is 6.20 Å². The Balaban J connectivity index is 2.31. The molecule has 1 N–H and O–H groups in total. The molecular formula is C11H7BrClNOS. The molecule has 0 amide bonds. The number of rotatable bonds is 2. The zero-order chi connectivity index (χ0) is 11.5. The van der Waals surface area contributed by atoms with Gasteiger partial charge >= 0.3 is 0 Å². The summed E-state index contributed by atoms with van der Waals surface area (Å²) >= 11 is 10.6. The number of phenolic OH excluding ortho intramolecular Hbond substituents is 1. The van der Waals surface area contributed by atoms with Crippen molar-refractivity contribution in [1.82, 2.24) is 4.98 Å². The van der Waals surface area contributed by atoms with Gasteiger partial charge in [-0.15, -0.1) is 0 Å². The van der Waals surface area contributed by atoms with Gasteiger partial charge in [0.2, 0.25) is 0 Å². The lowest BCUT2D eigenvalue weighted by Gasteiger charge is -2.05. The predicted octanol–water partition coefficient (Wildman–Crippen LogP) is 4.35. The summed E-state index contributed by atoms with van der Waals surface area (Å²) in [5.41, 5.74) is 0. The van der Waals surface area contributed by atoms with Gasteiger partial charge < -0.3 is 5.11 Å². The van der Waals surface area contributed by atoms with E-state index < -0.39 is 0 Å². The number of hydrogen-bond acceptors (Lipinski definition) is 3. The summed E-state index contributed by atoms with van der Waals surface area (Å²) in [6, 6.07) is 8.90. The fourth-order valence-corrected chi connectivity index (χ4v) is 2.80. The molecule has 0 atom stereocenters. The van der Waals surface area contributed by atoms with Gasteiger partial charge in [-0.3, -0.25) is 0 Å². The van der Waals surface area contributed by atoms with Crippen LogP contribution in [0.5, 0.6) is 5.75 Å². The van der Waals surface area contributed by atoms with E-state index in [1.165, 1.54) is 11.8 Å². The fraction of sp³-hybridized carbons (Fsp3) is 0. The van der Waals surface area contributed by atoms with Gasteiger partial charge in [0.1, 0.15) is 10.8 Å². The molecule has 2 nitrogen and oxygen atoms in total. The predicted molar refractivity (Wildman–Crippen MR) is 69.2 cm³/mol. The number of pyridine rings is 1. The molecule has 1 aromatic heterocycles. The molecule has 82 valence electrons. The number of aromatic hydroxyl groups is 1. The highest BCUT2D eigenvalue weighted by molar-refractivity contribution is 9.10. The van der Waals surface area contributed by atoms with E-state index in [0.717, 1.165) is 14.4 Å². The summed E-state index contributed by atoms with van der Waals surface area (Å²) in [5, 5.41) is 11.0. The minimum absolute atomic E-state index is 0.246. The second-order valence-corrected chi connectivity index (χ2v) is 5.33. The normalized spacial score (nSPS) is 10.4. The first-order valence-corrected chi connectivity index (χ1v) is 6.42. The SMILES string of the molecule is Oc1ccccc1Sc1ncc(Cl)cc1Br. The maximum Gasteiger partial charge on any atom is 0.129 e. The van der Waals surface area contributed by atoms with E-state index >= 15 is 0 Å². The zero-order valence-electron chi connectivity index (χ0n) is 8.02. The highest BCUT2D eigenvalue weighted by Crippen LogP contribution is 2.36. The Morgan fingerprint density at radius 1 is 1.31 bits per heavy atom. The van der Waals surface area contributed by atoms with Gasteiger partial charge in [-0.05, 0) is 34.1 Å². The number of benzene rings is 1. The first-order valence-electron chi connectivity index (χ1n) is 4.44. The van der Waals surface area contributed by atoms with Gasteiger partial charge in [0.25, 0.3) is 0 Å². The van der Waals surface area contributed by atoms with Crippen LogP contribution < -0.4 is 0 Å². The first-order chi connectivity index (χ1) is 7.66. The number of para-hydroxylation sites is 1. The molecule has 0 aliphatic heterocycles. The Kier molecular flexibility index (Phi) is 3.74. The molecule has 0 bridgehead atoms. The minimum atomic E-state index is 0.246. The van der Waals surface area contributed by atoms with Crippen LogP contribution in [0.4, 0.5) is 0 Å². The van der Waals surface area contributed by atoms with Crippen molar-refractivity contribution in [3.63, 3.8) is 0 Å². The fourth-order valence-electron chi connectivity index (χ4n) is 1.12. The van der Waals surface area contributed by atoms with Crippen molar-refractivity contribution in [2.24, 2.45) is 0 Å². The van der Waals surface area contributed by atoms with E-state index in [0.29, 0.717) is 5.02 Å². The van der Waals surface area contributed by atoms with Crippen LogP contribution in [-0.2, 0) is 0 Å². The van der Waals surface area contributed by atoms with Gasteiger partial charge in [-0.25, -0.2) is 4.98 Å². The third kappa shape index (κ3) is 2.70. The van der Waals surface area contributed by atoms with Gasteiger partial charge in [-0.2, -0.15) is 0 Å².